The molecule has 0 saturated carbocycles. The molecular weight excluding hydrogens is 356 g/mol. The van der Waals surface area contributed by atoms with E-state index in [0.717, 1.165) is 35.5 Å². The van der Waals surface area contributed by atoms with Gasteiger partial charge in [-0.3, -0.25) is 4.79 Å². The third-order valence-corrected chi connectivity index (χ3v) is 7.22. The molecule has 0 aromatic heterocycles. The van der Waals surface area contributed by atoms with E-state index in [1.807, 2.05) is 23.1 Å². The Hall–Kier alpha value is -2.76. The fraction of sp³-hybridized carbons (Fsp3) is 0.455. The van der Waals surface area contributed by atoms with Gasteiger partial charge in [-0.1, -0.05) is 19.1 Å². The van der Waals surface area contributed by atoms with Crippen LogP contribution in [0.15, 0.2) is 41.6 Å². The largest absolute Gasteiger partial charge is 0.497 e. The Morgan fingerprint density at radius 3 is 2.89 bits per heavy atom. The minimum atomic E-state index is -0.417. The van der Waals surface area contributed by atoms with Gasteiger partial charge in [0.1, 0.15) is 5.75 Å². The van der Waals surface area contributed by atoms with Crippen molar-refractivity contribution in [2.24, 2.45) is 5.41 Å². The molecule has 0 radical (unpaired) electrons. The number of esters is 1. The number of amides is 1. The van der Waals surface area contributed by atoms with Crippen LogP contribution >= 0.6 is 0 Å². The van der Waals surface area contributed by atoms with Crippen LogP contribution in [0.5, 0.6) is 5.75 Å². The maximum absolute atomic E-state index is 12.8. The van der Waals surface area contributed by atoms with Gasteiger partial charge >= 0.3 is 5.97 Å². The normalized spacial score (nSPS) is 31.9. The van der Waals surface area contributed by atoms with Crippen molar-refractivity contribution in [3.8, 4) is 5.75 Å². The van der Waals surface area contributed by atoms with Gasteiger partial charge in [-0.05, 0) is 37.0 Å². The summed E-state index contributed by atoms with van der Waals surface area (Å²) in [6, 6.07) is 6.01. The molecule has 1 saturated heterocycles. The van der Waals surface area contributed by atoms with Crippen LogP contribution in [0.1, 0.15) is 31.7 Å². The number of hydrogen-bond acceptors (Lipinski definition) is 5. The third-order valence-electron chi connectivity index (χ3n) is 7.22. The van der Waals surface area contributed by atoms with Crippen molar-refractivity contribution in [3.05, 3.63) is 47.2 Å². The Kier molecular flexibility index (Phi) is 3.49. The maximum atomic E-state index is 12.8. The van der Waals surface area contributed by atoms with Crippen LogP contribution in [0.4, 0.5) is 5.69 Å². The molecule has 0 bridgehead atoms. The van der Waals surface area contributed by atoms with Gasteiger partial charge in [-0.2, -0.15) is 0 Å². The maximum Gasteiger partial charge on any atom is 0.335 e. The molecular formula is C22H24N2O4. The molecule has 1 unspecified atom stereocenters. The van der Waals surface area contributed by atoms with Gasteiger partial charge in [0.25, 0.3) is 0 Å². The second-order valence-electron chi connectivity index (χ2n) is 8.13. The average Bonchev–Trinajstić information content (AvgIpc) is 3.29. The number of methoxy groups -OCH3 is 2. The van der Waals surface area contributed by atoms with Gasteiger partial charge in [0.05, 0.1) is 31.2 Å². The minimum absolute atomic E-state index is 0.00643. The Morgan fingerprint density at radius 1 is 1.36 bits per heavy atom. The zero-order chi connectivity index (χ0) is 19.7. The first-order valence-corrected chi connectivity index (χ1v) is 9.78. The van der Waals surface area contributed by atoms with Crippen LogP contribution in [0, 0.1) is 5.41 Å². The number of anilines is 1. The summed E-state index contributed by atoms with van der Waals surface area (Å²) >= 11 is 0. The van der Waals surface area contributed by atoms with Crippen molar-refractivity contribution in [3.63, 3.8) is 0 Å². The molecule has 1 aromatic rings. The zero-order valence-corrected chi connectivity index (χ0v) is 16.4. The highest BCUT2D eigenvalue weighted by Gasteiger charge is 2.66. The number of rotatable bonds is 3. The fourth-order valence-corrected chi connectivity index (χ4v) is 6.01. The average molecular weight is 380 g/mol. The smallest absolute Gasteiger partial charge is 0.335 e. The number of fused-ring (bicyclic) bond motifs is 1. The molecule has 6 heteroatoms. The summed E-state index contributed by atoms with van der Waals surface area (Å²) in [4.78, 5) is 27.5. The summed E-state index contributed by atoms with van der Waals surface area (Å²) in [5, 5.41) is 3.52. The monoisotopic (exact) mass is 380 g/mol. The van der Waals surface area contributed by atoms with E-state index in [-0.39, 0.29) is 23.3 Å². The van der Waals surface area contributed by atoms with Crippen molar-refractivity contribution >= 4 is 17.6 Å². The van der Waals surface area contributed by atoms with Gasteiger partial charge in [0.2, 0.25) is 5.91 Å². The lowest BCUT2D eigenvalue weighted by molar-refractivity contribution is -0.137. The van der Waals surface area contributed by atoms with Gasteiger partial charge in [0.15, 0.2) is 0 Å². The predicted molar refractivity (Wildman–Crippen MR) is 104 cm³/mol. The summed E-state index contributed by atoms with van der Waals surface area (Å²) in [5.74, 6) is 0.531. The molecule has 3 atom stereocenters. The van der Waals surface area contributed by atoms with E-state index in [1.54, 1.807) is 13.2 Å². The quantitative estimate of drug-likeness (QED) is 0.817. The highest BCUT2D eigenvalue weighted by molar-refractivity contribution is 5.95. The summed E-state index contributed by atoms with van der Waals surface area (Å²) in [5.41, 5.74) is 2.99. The number of carbonyl (C=O) groups excluding carboxylic acids is 2. The molecule has 5 rings (SSSR count). The Labute approximate surface area is 164 Å². The molecule has 1 amide bonds. The summed E-state index contributed by atoms with van der Waals surface area (Å²) < 4.78 is 10.6. The molecule has 1 spiro atoms. The van der Waals surface area contributed by atoms with Crippen molar-refractivity contribution < 1.29 is 19.1 Å². The van der Waals surface area contributed by atoms with E-state index in [4.69, 9.17) is 9.47 Å². The summed E-state index contributed by atoms with van der Waals surface area (Å²) in [6.07, 6.45) is 5.94. The van der Waals surface area contributed by atoms with E-state index < -0.39 is 5.41 Å². The third kappa shape index (κ3) is 1.88. The number of benzene rings is 1. The molecule has 28 heavy (non-hydrogen) atoms. The molecule has 1 aromatic carbocycles. The second kappa shape index (κ2) is 5.63. The number of carbonyl (C=O) groups is 2. The molecule has 3 heterocycles. The van der Waals surface area contributed by atoms with Crippen LogP contribution in [-0.4, -0.2) is 43.6 Å². The molecule has 3 aliphatic heterocycles. The second-order valence-corrected chi connectivity index (χ2v) is 8.13. The molecule has 4 aliphatic rings. The molecule has 1 fully saturated rings. The number of ether oxygens (including phenoxy) is 2. The lowest BCUT2D eigenvalue weighted by Crippen LogP contribution is -2.59. The van der Waals surface area contributed by atoms with Crippen LogP contribution in [0.3, 0.4) is 0 Å². The summed E-state index contributed by atoms with van der Waals surface area (Å²) in [6.45, 7) is 2.82. The first-order chi connectivity index (χ1) is 13.5. The van der Waals surface area contributed by atoms with Gasteiger partial charge in [0, 0.05) is 29.4 Å². The molecule has 1 N–H and O–H groups in total. The molecule has 146 valence electrons. The Balaban J connectivity index is 1.82. The van der Waals surface area contributed by atoms with Gasteiger partial charge in [-0.15, -0.1) is 0 Å². The first kappa shape index (κ1) is 17.3. The fourth-order valence-electron chi connectivity index (χ4n) is 6.01. The van der Waals surface area contributed by atoms with Crippen molar-refractivity contribution in [2.45, 2.75) is 37.6 Å². The standard InChI is InChI=1S/C22H24N2O4/c1-4-21-8-7-17(25)24-10-9-22(20(21)24)15-6-5-13(27-2)11-16(15)23-18(22)14(12-21)19(26)28-3/h5-8,11,20,23H,4,9-10,12H2,1-3H3/t20-,21-,22?/m0/s1. The highest BCUT2D eigenvalue weighted by Crippen LogP contribution is 2.64. The summed E-state index contributed by atoms with van der Waals surface area (Å²) in [7, 11) is 3.07. The Bertz CT molecular complexity index is 965. The van der Waals surface area contributed by atoms with Gasteiger partial charge in [-0.25, -0.2) is 4.79 Å². The molecule has 6 nitrogen and oxygen atoms in total. The predicted octanol–water partition coefficient (Wildman–Crippen LogP) is 2.76. The van der Waals surface area contributed by atoms with E-state index in [0.29, 0.717) is 18.5 Å². The minimum Gasteiger partial charge on any atom is -0.497 e. The van der Waals surface area contributed by atoms with Crippen LogP contribution in [0.25, 0.3) is 0 Å². The van der Waals surface area contributed by atoms with Crippen molar-refractivity contribution in [2.75, 3.05) is 26.1 Å². The first-order valence-electron chi connectivity index (χ1n) is 9.78. The SMILES string of the molecule is CC[C@]12C=CC(=O)N3CCC4(C(=C(C(=O)OC)C1)Nc1cc(OC)ccc14)[C@@H]32. The lowest BCUT2D eigenvalue weighted by atomic mass is 9.55. The number of nitrogens with zero attached hydrogens (tertiary/aromatic N) is 1. The van der Waals surface area contributed by atoms with Crippen molar-refractivity contribution in [1.82, 2.24) is 4.90 Å². The van der Waals surface area contributed by atoms with Crippen molar-refractivity contribution in [1.29, 1.82) is 0 Å². The number of hydrogen-bond donors (Lipinski definition) is 1. The van der Waals surface area contributed by atoms with E-state index >= 15 is 0 Å². The zero-order valence-electron chi connectivity index (χ0n) is 16.4. The van der Waals surface area contributed by atoms with E-state index in [1.165, 1.54) is 7.11 Å². The van der Waals surface area contributed by atoms with Crippen LogP contribution < -0.4 is 10.1 Å². The topological polar surface area (TPSA) is 67.9 Å². The Morgan fingerprint density at radius 2 is 2.18 bits per heavy atom. The van der Waals surface area contributed by atoms with E-state index in [9.17, 15) is 9.59 Å². The van der Waals surface area contributed by atoms with E-state index in [2.05, 4.69) is 18.3 Å². The molecule has 1 aliphatic carbocycles. The highest BCUT2D eigenvalue weighted by atomic mass is 16.5. The van der Waals surface area contributed by atoms with Crippen LogP contribution in [-0.2, 0) is 19.7 Å². The lowest BCUT2D eigenvalue weighted by Gasteiger charge is -2.53. The van der Waals surface area contributed by atoms with Gasteiger partial charge < -0.3 is 19.7 Å². The van der Waals surface area contributed by atoms with Crippen LogP contribution in [0.2, 0.25) is 0 Å². The number of nitrogens with one attached hydrogen (secondary N) is 1.